The van der Waals surface area contributed by atoms with E-state index in [-0.39, 0.29) is 11.5 Å². The number of ether oxygens (including phenoxy) is 1. The second-order valence-corrected chi connectivity index (χ2v) is 5.49. The van der Waals surface area contributed by atoms with Crippen LogP contribution in [0.15, 0.2) is 30.5 Å². The number of halogens is 1. The molecule has 1 N–H and O–H groups in total. The number of pyridine rings is 1. The molecule has 1 aromatic heterocycles. The quantitative estimate of drug-likeness (QED) is 0.892. The van der Waals surface area contributed by atoms with Gasteiger partial charge in [-0.05, 0) is 42.2 Å². The molecular formula is C16H16ClNO3. The molecule has 0 unspecified atom stereocenters. The second-order valence-electron chi connectivity index (χ2n) is 5.09. The van der Waals surface area contributed by atoms with Gasteiger partial charge in [0.1, 0.15) is 5.75 Å². The zero-order valence-corrected chi connectivity index (χ0v) is 12.8. The normalized spacial score (nSPS) is 10.7. The molecule has 1 aromatic carbocycles. The molecular weight excluding hydrogens is 290 g/mol. The molecule has 2 aromatic rings. The predicted molar refractivity (Wildman–Crippen MR) is 81.5 cm³/mol. The molecule has 0 radical (unpaired) electrons. The van der Waals surface area contributed by atoms with E-state index in [0.29, 0.717) is 16.7 Å². The molecule has 0 bridgehead atoms. The average molecular weight is 306 g/mol. The third-order valence-corrected chi connectivity index (χ3v) is 3.44. The molecule has 0 fully saturated rings. The lowest BCUT2D eigenvalue weighted by Crippen LogP contribution is -1.98. The maximum atomic E-state index is 10.8. The third-order valence-electron chi connectivity index (χ3n) is 3.11. The second kappa shape index (κ2) is 6.14. The zero-order chi connectivity index (χ0) is 15.6. The summed E-state index contributed by atoms with van der Waals surface area (Å²) in [5, 5.41) is 9.55. The third kappa shape index (κ3) is 3.52. The number of hydrogen-bond acceptors (Lipinski definition) is 3. The van der Waals surface area contributed by atoms with Gasteiger partial charge in [0, 0.05) is 17.3 Å². The van der Waals surface area contributed by atoms with E-state index in [0.717, 1.165) is 11.1 Å². The molecule has 0 aliphatic rings. The summed E-state index contributed by atoms with van der Waals surface area (Å²) < 4.78 is 5.73. The Kier molecular flexibility index (Phi) is 4.48. The van der Waals surface area contributed by atoms with Crippen molar-refractivity contribution < 1.29 is 14.6 Å². The monoisotopic (exact) mass is 305 g/mol. The van der Waals surface area contributed by atoms with Gasteiger partial charge in [0.25, 0.3) is 0 Å². The van der Waals surface area contributed by atoms with Crippen LogP contribution in [-0.2, 0) is 0 Å². The van der Waals surface area contributed by atoms with E-state index in [9.17, 15) is 4.79 Å². The number of aromatic nitrogens is 1. The molecule has 0 saturated heterocycles. The van der Waals surface area contributed by atoms with Gasteiger partial charge in [-0.3, -0.25) is 0 Å². The fraction of sp³-hybridized carbons (Fsp3) is 0.250. The van der Waals surface area contributed by atoms with Crippen LogP contribution in [0.4, 0.5) is 0 Å². The minimum absolute atomic E-state index is 0.123. The van der Waals surface area contributed by atoms with Gasteiger partial charge < -0.3 is 9.84 Å². The molecule has 0 spiro atoms. The number of carboxylic acid groups (broad SMARTS) is 1. The molecule has 0 amide bonds. The van der Waals surface area contributed by atoms with Gasteiger partial charge in [-0.2, -0.15) is 0 Å². The molecule has 21 heavy (non-hydrogen) atoms. The maximum Gasteiger partial charge on any atom is 0.337 e. The largest absolute Gasteiger partial charge is 0.478 e. The number of hydrogen-bond donors (Lipinski definition) is 1. The first-order valence-electron chi connectivity index (χ1n) is 6.55. The van der Waals surface area contributed by atoms with Crippen LogP contribution in [0.3, 0.4) is 0 Å². The van der Waals surface area contributed by atoms with Crippen molar-refractivity contribution in [3.8, 4) is 11.6 Å². The van der Waals surface area contributed by atoms with E-state index in [2.05, 4.69) is 18.8 Å². The van der Waals surface area contributed by atoms with E-state index in [1.165, 1.54) is 18.3 Å². The number of carboxylic acids is 1. The van der Waals surface area contributed by atoms with Crippen molar-refractivity contribution in [3.63, 3.8) is 0 Å². The van der Waals surface area contributed by atoms with Crippen LogP contribution in [-0.4, -0.2) is 16.1 Å². The highest BCUT2D eigenvalue weighted by Gasteiger charge is 2.11. The van der Waals surface area contributed by atoms with E-state index >= 15 is 0 Å². The Morgan fingerprint density at radius 2 is 2.05 bits per heavy atom. The summed E-state index contributed by atoms with van der Waals surface area (Å²) in [7, 11) is 0. The first kappa shape index (κ1) is 15.3. The topological polar surface area (TPSA) is 59.4 Å². The van der Waals surface area contributed by atoms with Crippen molar-refractivity contribution in [2.24, 2.45) is 0 Å². The van der Waals surface area contributed by atoms with E-state index in [4.69, 9.17) is 21.4 Å². The Morgan fingerprint density at radius 1 is 1.33 bits per heavy atom. The summed E-state index contributed by atoms with van der Waals surface area (Å²) in [6, 6.07) is 6.75. The summed E-state index contributed by atoms with van der Waals surface area (Å²) in [6.45, 7) is 6.01. The van der Waals surface area contributed by atoms with Gasteiger partial charge in [0.2, 0.25) is 5.88 Å². The van der Waals surface area contributed by atoms with Crippen molar-refractivity contribution >= 4 is 17.6 Å². The fourth-order valence-corrected chi connectivity index (χ4v) is 2.34. The molecule has 5 heteroatoms. The lowest BCUT2D eigenvalue weighted by Gasteiger charge is -2.14. The SMILES string of the molecule is Cc1cc(Cl)c(C(C)C)cc1Oc1ccc(C(=O)O)cn1. The predicted octanol–water partition coefficient (Wildman–Crippen LogP) is 4.66. The number of benzene rings is 1. The van der Waals surface area contributed by atoms with Crippen molar-refractivity contribution in [1.29, 1.82) is 0 Å². The van der Waals surface area contributed by atoms with Gasteiger partial charge in [-0.25, -0.2) is 9.78 Å². The van der Waals surface area contributed by atoms with Gasteiger partial charge in [0.05, 0.1) is 5.56 Å². The highest BCUT2D eigenvalue weighted by molar-refractivity contribution is 6.31. The van der Waals surface area contributed by atoms with Gasteiger partial charge in [0.15, 0.2) is 0 Å². The van der Waals surface area contributed by atoms with E-state index in [1.807, 2.05) is 19.1 Å². The molecule has 0 aliphatic heterocycles. The smallest absolute Gasteiger partial charge is 0.337 e. The minimum atomic E-state index is -1.01. The lowest BCUT2D eigenvalue weighted by atomic mass is 10.0. The first-order chi connectivity index (χ1) is 9.88. The molecule has 0 atom stereocenters. The molecule has 1 heterocycles. The van der Waals surface area contributed by atoms with Crippen LogP contribution in [0.2, 0.25) is 5.02 Å². The van der Waals surface area contributed by atoms with Gasteiger partial charge in [-0.1, -0.05) is 25.4 Å². The molecule has 0 saturated carbocycles. The molecule has 4 nitrogen and oxygen atoms in total. The van der Waals surface area contributed by atoms with Gasteiger partial charge >= 0.3 is 5.97 Å². The molecule has 0 aliphatic carbocycles. The van der Waals surface area contributed by atoms with Crippen LogP contribution < -0.4 is 4.74 Å². The number of rotatable bonds is 4. The zero-order valence-electron chi connectivity index (χ0n) is 12.1. The molecule has 2 rings (SSSR count). The fourth-order valence-electron chi connectivity index (χ4n) is 1.90. The molecule has 110 valence electrons. The average Bonchev–Trinajstić information content (AvgIpc) is 2.42. The van der Waals surface area contributed by atoms with Crippen molar-refractivity contribution in [2.45, 2.75) is 26.7 Å². The van der Waals surface area contributed by atoms with Crippen LogP contribution in [0, 0.1) is 6.92 Å². The maximum absolute atomic E-state index is 10.8. The summed E-state index contributed by atoms with van der Waals surface area (Å²) in [6.07, 6.45) is 1.27. The van der Waals surface area contributed by atoms with Crippen LogP contribution in [0.5, 0.6) is 11.6 Å². The van der Waals surface area contributed by atoms with Gasteiger partial charge in [-0.15, -0.1) is 0 Å². The number of aryl methyl sites for hydroxylation is 1. The number of nitrogens with zero attached hydrogens (tertiary/aromatic N) is 1. The summed E-state index contributed by atoms with van der Waals surface area (Å²) in [5.41, 5.74) is 2.02. The van der Waals surface area contributed by atoms with Crippen LogP contribution >= 0.6 is 11.6 Å². The Bertz CT molecular complexity index is 666. The Labute approximate surface area is 128 Å². The lowest BCUT2D eigenvalue weighted by molar-refractivity contribution is 0.0696. The van der Waals surface area contributed by atoms with E-state index in [1.54, 1.807) is 0 Å². The highest BCUT2D eigenvalue weighted by Crippen LogP contribution is 2.33. The van der Waals surface area contributed by atoms with E-state index < -0.39 is 5.97 Å². The standard InChI is InChI=1S/C16H16ClNO3/c1-9(2)12-7-14(10(3)6-13(12)17)21-15-5-4-11(8-18-15)16(19)20/h4-9H,1-3H3,(H,19,20). The summed E-state index contributed by atoms with van der Waals surface area (Å²) in [4.78, 5) is 14.8. The first-order valence-corrected chi connectivity index (χ1v) is 6.93. The number of aromatic carboxylic acids is 1. The van der Waals surface area contributed by atoms with Crippen molar-refractivity contribution in [3.05, 3.63) is 52.2 Å². The highest BCUT2D eigenvalue weighted by atomic mass is 35.5. The Hall–Kier alpha value is -2.07. The number of carbonyl (C=O) groups is 1. The van der Waals surface area contributed by atoms with Crippen LogP contribution in [0.25, 0.3) is 0 Å². The minimum Gasteiger partial charge on any atom is -0.478 e. The Morgan fingerprint density at radius 3 is 2.57 bits per heavy atom. The van der Waals surface area contributed by atoms with Crippen molar-refractivity contribution in [1.82, 2.24) is 4.98 Å². The van der Waals surface area contributed by atoms with Crippen molar-refractivity contribution in [2.75, 3.05) is 0 Å². The summed E-state index contributed by atoms with van der Waals surface area (Å²) >= 11 is 6.22. The summed E-state index contributed by atoms with van der Waals surface area (Å²) in [5.74, 6) is 0.278. The van der Waals surface area contributed by atoms with Crippen LogP contribution in [0.1, 0.15) is 41.3 Å². The Balaban J connectivity index is 2.30.